The molecule has 114 valence electrons. The fraction of sp³-hybridized carbons (Fsp3) is 0.278. The molecule has 0 spiro atoms. The maximum atomic E-state index is 12.3. The molecule has 3 nitrogen and oxygen atoms in total. The van der Waals surface area contributed by atoms with Crippen LogP contribution in [0.3, 0.4) is 0 Å². The Kier molecular flexibility index (Phi) is 4.46. The van der Waals surface area contributed by atoms with Crippen LogP contribution in [0.25, 0.3) is 0 Å². The van der Waals surface area contributed by atoms with Gasteiger partial charge >= 0.3 is 0 Å². The van der Waals surface area contributed by atoms with Crippen molar-refractivity contribution in [2.75, 3.05) is 11.9 Å². The molecule has 0 saturated heterocycles. The Morgan fingerprint density at radius 3 is 2.68 bits per heavy atom. The molecule has 1 fully saturated rings. The molecule has 1 saturated carbocycles. The van der Waals surface area contributed by atoms with Gasteiger partial charge in [-0.2, -0.15) is 0 Å². The fourth-order valence-corrected chi connectivity index (χ4v) is 2.91. The van der Waals surface area contributed by atoms with Crippen LogP contribution in [0.5, 0.6) is 0 Å². The number of nitrogens with one attached hydrogen (secondary N) is 1. The third kappa shape index (κ3) is 3.49. The quantitative estimate of drug-likeness (QED) is 0.885. The summed E-state index contributed by atoms with van der Waals surface area (Å²) in [6, 6.07) is 15.3. The predicted octanol–water partition coefficient (Wildman–Crippen LogP) is 3.62. The number of hydrogen-bond acceptors (Lipinski definition) is 2. The fourth-order valence-electron chi connectivity index (χ4n) is 2.71. The summed E-state index contributed by atoms with van der Waals surface area (Å²) in [7, 11) is 0. The molecule has 2 atom stereocenters. The number of anilines is 1. The predicted molar refractivity (Wildman–Crippen MR) is 88.2 cm³/mol. The molecule has 3 rings (SSSR count). The van der Waals surface area contributed by atoms with Gasteiger partial charge < -0.3 is 10.4 Å². The SMILES string of the molecule is O=C(Nc1ccc(CCO)cc1)C1CC1c1cccc(Cl)c1. The zero-order valence-corrected chi connectivity index (χ0v) is 12.9. The smallest absolute Gasteiger partial charge is 0.228 e. The maximum absolute atomic E-state index is 12.3. The summed E-state index contributed by atoms with van der Waals surface area (Å²) in [4.78, 5) is 12.3. The van der Waals surface area contributed by atoms with Crippen LogP contribution in [0, 0.1) is 5.92 Å². The molecule has 1 aliphatic rings. The average molecular weight is 316 g/mol. The molecule has 2 N–H and O–H groups in total. The third-order valence-electron chi connectivity index (χ3n) is 4.03. The lowest BCUT2D eigenvalue weighted by atomic mass is 10.1. The number of carbonyl (C=O) groups is 1. The van der Waals surface area contributed by atoms with E-state index >= 15 is 0 Å². The third-order valence-corrected chi connectivity index (χ3v) is 4.26. The van der Waals surface area contributed by atoms with Crippen molar-refractivity contribution in [1.29, 1.82) is 0 Å². The molecule has 4 heteroatoms. The van der Waals surface area contributed by atoms with Crippen molar-refractivity contribution in [3.05, 3.63) is 64.7 Å². The second-order valence-electron chi connectivity index (χ2n) is 5.66. The van der Waals surface area contributed by atoms with Gasteiger partial charge in [-0.3, -0.25) is 4.79 Å². The molecule has 0 radical (unpaired) electrons. The van der Waals surface area contributed by atoms with E-state index in [1.165, 1.54) is 0 Å². The van der Waals surface area contributed by atoms with E-state index in [-0.39, 0.29) is 24.3 Å². The first-order valence-electron chi connectivity index (χ1n) is 7.43. The second kappa shape index (κ2) is 6.51. The van der Waals surface area contributed by atoms with Crippen molar-refractivity contribution < 1.29 is 9.90 Å². The van der Waals surface area contributed by atoms with Crippen LogP contribution in [-0.4, -0.2) is 17.6 Å². The average Bonchev–Trinajstić information content (AvgIpc) is 3.30. The van der Waals surface area contributed by atoms with E-state index < -0.39 is 0 Å². The summed E-state index contributed by atoms with van der Waals surface area (Å²) >= 11 is 6.00. The van der Waals surface area contributed by atoms with Crippen LogP contribution in [0.15, 0.2) is 48.5 Å². The molecule has 2 unspecified atom stereocenters. The molecular formula is C18H18ClNO2. The maximum Gasteiger partial charge on any atom is 0.228 e. The number of benzene rings is 2. The van der Waals surface area contributed by atoms with Gasteiger partial charge in [0.05, 0.1) is 0 Å². The minimum absolute atomic E-state index is 0.0237. The number of halogens is 1. The van der Waals surface area contributed by atoms with E-state index in [1.807, 2.05) is 48.5 Å². The van der Waals surface area contributed by atoms with Crippen LogP contribution < -0.4 is 5.32 Å². The van der Waals surface area contributed by atoms with Crippen molar-refractivity contribution in [3.8, 4) is 0 Å². The van der Waals surface area contributed by atoms with Crippen LogP contribution in [-0.2, 0) is 11.2 Å². The van der Waals surface area contributed by atoms with E-state index in [2.05, 4.69) is 5.32 Å². The Morgan fingerprint density at radius 1 is 1.23 bits per heavy atom. The Morgan fingerprint density at radius 2 is 2.00 bits per heavy atom. The van der Waals surface area contributed by atoms with E-state index in [9.17, 15) is 4.79 Å². The van der Waals surface area contributed by atoms with Crippen LogP contribution in [0.2, 0.25) is 5.02 Å². The summed E-state index contributed by atoms with van der Waals surface area (Å²) in [6.45, 7) is 0.134. The molecule has 0 aromatic heterocycles. The van der Waals surface area contributed by atoms with Crippen molar-refractivity contribution >= 4 is 23.2 Å². The van der Waals surface area contributed by atoms with Gasteiger partial charge in [-0.25, -0.2) is 0 Å². The molecule has 2 aromatic carbocycles. The molecule has 0 bridgehead atoms. The molecule has 0 aliphatic heterocycles. The number of aliphatic hydroxyl groups is 1. The second-order valence-corrected chi connectivity index (χ2v) is 6.10. The minimum Gasteiger partial charge on any atom is -0.396 e. The number of hydrogen-bond donors (Lipinski definition) is 2. The monoisotopic (exact) mass is 315 g/mol. The lowest BCUT2D eigenvalue weighted by Crippen LogP contribution is -2.14. The Hall–Kier alpha value is -1.84. The topological polar surface area (TPSA) is 49.3 Å². The molecule has 1 aliphatic carbocycles. The van der Waals surface area contributed by atoms with Crippen LogP contribution in [0.1, 0.15) is 23.5 Å². The van der Waals surface area contributed by atoms with E-state index in [0.717, 1.165) is 23.2 Å². The number of aliphatic hydroxyl groups excluding tert-OH is 1. The lowest BCUT2D eigenvalue weighted by Gasteiger charge is -2.06. The van der Waals surface area contributed by atoms with Gasteiger partial charge in [0.1, 0.15) is 0 Å². The van der Waals surface area contributed by atoms with E-state index in [0.29, 0.717) is 11.4 Å². The van der Waals surface area contributed by atoms with Gasteiger partial charge in [0.15, 0.2) is 0 Å². The van der Waals surface area contributed by atoms with E-state index in [1.54, 1.807) is 0 Å². The molecule has 22 heavy (non-hydrogen) atoms. The zero-order valence-electron chi connectivity index (χ0n) is 12.1. The number of rotatable bonds is 5. The van der Waals surface area contributed by atoms with Gasteiger partial charge in [-0.05, 0) is 54.2 Å². The van der Waals surface area contributed by atoms with E-state index in [4.69, 9.17) is 16.7 Å². The van der Waals surface area contributed by atoms with Crippen molar-refractivity contribution in [2.45, 2.75) is 18.8 Å². The van der Waals surface area contributed by atoms with Crippen molar-refractivity contribution in [2.24, 2.45) is 5.92 Å². The highest BCUT2D eigenvalue weighted by molar-refractivity contribution is 6.30. The van der Waals surface area contributed by atoms with Gasteiger partial charge in [-0.1, -0.05) is 35.9 Å². The van der Waals surface area contributed by atoms with Gasteiger partial charge in [0.2, 0.25) is 5.91 Å². The van der Waals surface area contributed by atoms with Crippen molar-refractivity contribution in [3.63, 3.8) is 0 Å². The lowest BCUT2D eigenvalue weighted by molar-refractivity contribution is -0.117. The minimum atomic E-state index is 0.0237. The summed E-state index contributed by atoms with van der Waals surface area (Å²) in [5, 5.41) is 12.6. The first-order valence-corrected chi connectivity index (χ1v) is 7.81. The Bertz CT molecular complexity index is 669. The first kappa shape index (κ1) is 15.1. The molecular weight excluding hydrogens is 298 g/mol. The number of carbonyl (C=O) groups excluding carboxylic acids is 1. The highest BCUT2D eigenvalue weighted by atomic mass is 35.5. The summed E-state index contributed by atoms with van der Waals surface area (Å²) in [5.74, 6) is 0.350. The first-order chi connectivity index (χ1) is 10.7. The largest absolute Gasteiger partial charge is 0.396 e. The highest BCUT2D eigenvalue weighted by Crippen LogP contribution is 2.48. The van der Waals surface area contributed by atoms with Crippen LogP contribution >= 0.6 is 11.6 Å². The summed E-state index contributed by atoms with van der Waals surface area (Å²) < 4.78 is 0. The normalized spacial score (nSPS) is 19.7. The molecule has 2 aromatic rings. The molecule has 0 heterocycles. The standard InChI is InChI=1S/C18H18ClNO2/c19-14-3-1-2-13(10-14)16-11-17(16)18(22)20-15-6-4-12(5-7-15)8-9-21/h1-7,10,16-17,21H,8-9,11H2,(H,20,22). The highest BCUT2D eigenvalue weighted by Gasteiger charge is 2.43. The van der Waals surface area contributed by atoms with Gasteiger partial charge in [-0.15, -0.1) is 0 Å². The summed E-state index contributed by atoms with van der Waals surface area (Å²) in [6.07, 6.45) is 1.50. The van der Waals surface area contributed by atoms with Gasteiger partial charge in [0.25, 0.3) is 0 Å². The summed E-state index contributed by atoms with van der Waals surface area (Å²) in [5.41, 5.74) is 2.98. The zero-order chi connectivity index (χ0) is 15.5. The number of amides is 1. The van der Waals surface area contributed by atoms with Gasteiger partial charge in [0, 0.05) is 23.2 Å². The van der Waals surface area contributed by atoms with Crippen LogP contribution in [0.4, 0.5) is 5.69 Å². The Balaban J connectivity index is 1.59. The molecule has 1 amide bonds. The van der Waals surface area contributed by atoms with Crippen molar-refractivity contribution in [1.82, 2.24) is 0 Å². The Labute approximate surface area is 134 Å².